The van der Waals surface area contributed by atoms with Gasteiger partial charge in [0.05, 0.1) is 0 Å². The van der Waals surface area contributed by atoms with Crippen LogP contribution in [0.15, 0.2) is 0 Å². The molecule has 74 valence electrons. The Balaban J connectivity index is 2.46. The first-order valence-corrected chi connectivity index (χ1v) is 4.76. The number of hydrogen-bond donors (Lipinski definition) is 2. The summed E-state index contributed by atoms with van der Waals surface area (Å²) in [5, 5.41) is 5.34. The van der Waals surface area contributed by atoms with Gasteiger partial charge in [0.2, 0.25) is 11.8 Å². The Bertz CT molecular complexity index is 216. The molecule has 1 aliphatic rings. The predicted molar refractivity (Wildman–Crippen MR) is 49.1 cm³/mol. The van der Waals surface area contributed by atoms with Gasteiger partial charge in [-0.2, -0.15) is 0 Å². The summed E-state index contributed by atoms with van der Waals surface area (Å²) in [7, 11) is 0. The van der Waals surface area contributed by atoms with E-state index in [0.29, 0.717) is 0 Å². The molecule has 2 amide bonds. The van der Waals surface area contributed by atoms with Gasteiger partial charge in [-0.15, -0.1) is 0 Å². The molecule has 0 aliphatic carbocycles. The van der Waals surface area contributed by atoms with Crippen LogP contribution in [0.4, 0.5) is 0 Å². The molecule has 1 saturated heterocycles. The second kappa shape index (κ2) is 4.25. The molecule has 2 atom stereocenters. The molecule has 1 fully saturated rings. The Morgan fingerprint density at radius 1 is 1.23 bits per heavy atom. The minimum atomic E-state index is -0.384. The Morgan fingerprint density at radius 3 is 2.54 bits per heavy atom. The molecule has 1 heterocycles. The van der Waals surface area contributed by atoms with Gasteiger partial charge in [0.1, 0.15) is 12.1 Å². The summed E-state index contributed by atoms with van der Waals surface area (Å²) in [6.07, 6.45) is 2.74. The van der Waals surface area contributed by atoms with Gasteiger partial charge in [-0.25, -0.2) is 0 Å². The van der Waals surface area contributed by atoms with E-state index in [9.17, 15) is 9.59 Å². The number of rotatable bonds is 3. The van der Waals surface area contributed by atoms with Crippen LogP contribution in [0.2, 0.25) is 0 Å². The van der Waals surface area contributed by atoms with Crippen LogP contribution in [0.25, 0.3) is 0 Å². The molecule has 0 saturated carbocycles. The lowest BCUT2D eigenvalue weighted by Crippen LogP contribution is -2.60. The van der Waals surface area contributed by atoms with E-state index in [0.717, 1.165) is 19.3 Å². The monoisotopic (exact) mass is 184 g/mol. The molecular weight excluding hydrogens is 168 g/mol. The third-order valence-electron chi connectivity index (χ3n) is 2.23. The summed E-state index contributed by atoms with van der Waals surface area (Å²) in [4.78, 5) is 22.5. The Labute approximate surface area is 78.1 Å². The van der Waals surface area contributed by atoms with Crippen LogP contribution in [0.1, 0.15) is 33.1 Å². The van der Waals surface area contributed by atoms with E-state index in [4.69, 9.17) is 0 Å². The molecule has 2 N–H and O–H groups in total. The minimum Gasteiger partial charge on any atom is -0.343 e. The highest BCUT2D eigenvalue weighted by atomic mass is 16.2. The molecule has 0 aromatic heterocycles. The maximum absolute atomic E-state index is 11.3. The van der Waals surface area contributed by atoms with Crippen molar-refractivity contribution in [2.24, 2.45) is 0 Å². The Hall–Kier alpha value is -1.06. The number of unbranched alkanes of at least 4 members (excludes halogenated alkanes) is 1. The summed E-state index contributed by atoms with van der Waals surface area (Å²) in [6.45, 7) is 3.74. The van der Waals surface area contributed by atoms with Crippen molar-refractivity contribution in [3.8, 4) is 0 Å². The van der Waals surface area contributed by atoms with Crippen LogP contribution in [-0.4, -0.2) is 23.9 Å². The fourth-order valence-electron chi connectivity index (χ4n) is 1.35. The van der Waals surface area contributed by atoms with E-state index in [1.807, 2.05) is 0 Å². The summed E-state index contributed by atoms with van der Waals surface area (Å²) in [6, 6.07) is -0.700. The Kier molecular flexibility index (Phi) is 3.28. The first-order chi connectivity index (χ1) is 6.15. The molecule has 1 aliphatic heterocycles. The molecule has 0 spiro atoms. The van der Waals surface area contributed by atoms with Crippen LogP contribution in [-0.2, 0) is 9.59 Å². The van der Waals surface area contributed by atoms with Gasteiger partial charge in [-0.1, -0.05) is 19.8 Å². The average Bonchev–Trinajstić information content (AvgIpc) is 2.09. The van der Waals surface area contributed by atoms with E-state index in [2.05, 4.69) is 17.6 Å². The van der Waals surface area contributed by atoms with E-state index in [1.165, 1.54) is 0 Å². The van der Waals surface area contributed by atoms with Crippen molar-refractivity contribution in [3.63, 3.8) is 0 Å². The van der Waals surface area contributed by atoms with Crippen molar-refractivity contribution in [1.29, 1.82) is 0 Å². The molecule has 4 nitrogen and oxygen atoms in total. The topological polar surface area (TPSA) is 58.2 Å². The zero-order chi connectivity index (χ0) is 9.84. The zero-order valence-electron chi connectivity index (χ0n) is 8.09. The van der Waals surface area contributed by atoms with Gasteiger partial charge in [0, 0.05) is 0 Å². The summed E-state index contributed by atoms with van der Waals surface area (Å²) in [5.74, 6) is -0.138. The van der Waals surface area contributed by atoms with Crippen LogP contribution in [0.5, 0.6) is 0 Å². The van der Waals surface area contributed by atoms with Crippen molar-refractivity contribution in [2.45, 2.75) is 45.2 Å². The minimum absolute atomic E-state index is 0.0550. The summed E-state index contributed by atoms with van der Waals surface area (Å²) < 4.78 is 0. The molecule has 0 aromatic carbocycles. The van der Waals surface area contributed by atoms with Gasteiger partial charge >= 0.3 is 0 Å². The zero-order valence-corrected chi connectivity index (χ0v) is 8.09. The number of carbonyl (C=O) groups is 2. The lowest BCUT2D eigenvalue weighted by Gasteiger charge is -2.27. The molecule has 0 radical (unpaired) electrons. The molecule has 13 heavy (non-hydrogen) atoms. The number of amides is 2. The van der Waals surface area contributed by atoms with Crippen LogP contribution in [0, 0.1) is 0 Å². The number of carbonyl (C=O) groups excluding carboxylic acids is 2. The predicted octanol–water partition coefficient (Wildman–Crippen LogP) is 0.180. The van der Waals surface area contributed by atoms with Crippen molar-refractivity contribution in [2.75, 3.05) is 0 Å². The number of nitrogens with one attached hydrogen (secondary N) is 2. The Morgan fingerprint density at radius 2 is 1.92 bits per heavy atom. The van der Waals surface area contributed by atoms with Crippen molar-refractivity contribution in [3.05, 3.63) is 0 Å². The second-order valence-corrected chi connectivity index (χ2v) is 3.43. The van der Waals surface area contributed by atoms with Gasteiger partial charge in [-0.05, 0) is 13.3 Å². The molecule has 4 heteroatoms. The average molecular weight is 184 g/mol. The quantitative estimate of drug-likeness (QED) is 0.657. The largest absolute Gasteiger partial charge is 0.343 e. The smallest absolute Gasteiger partial charge is 0.243 e. The summed E-state index contributed by atoms with van der Waals surface area (Å²) >= 11 is 0. The lowest BCUT2D eigenvalue weighted by atomic mass is 10.1. The molecule has 0 bridgehead atoms. The highest BCUT2D eigenvalue weighted by molar-refractivity contribution is 5.96. The van der Waals surface area contributed by atoms with E-state index in [1.54, 1.807) is 6.92 Å². The molecular formula is C9H16N2O2. The molecule has 1 rings (SSSR count). The van der Waals surface area contributed by atoms with Crippen molar-refractivity contribution < 1.29 is 9.59 Å². The van der Waals surface area contributed by atoms with Crippen LogP contribution in [0.3, 0.4) is 0 Å². The second-order valence-electron chi connectivity index (χ2n) is 3.43. The fourth-order valence-corrected chi connectivity index (χ4v) is 1.35. The fraction of sp³-hybridized carbons (Fsp3) is 0.778. The standard InChI is InChI=1S/C9H16N2O2/c1-3-4-5-7-9(13)10-6(2)8(12)11-7/h6-7H,3-5H2,1-2H3,(H,10,13)(H,11,12)/t6-,7-/m0/s1. The van der Waals surface area contributed by atoms with E-state index < -0.39 is 0 Å². The maximum atomic E-state index is 11.3. The van der Waals surface area contributed by atoms with Gasteiger partial charge in [0.25, 0.3) is 0 Å². The first-order valence-electron chi connectivity index (χ1n) is 4.76. The van der Waals surface area contributed by atoms with E-state index >= 15 is 0 Å². The van der Waals surface area contributed by atoms with Crippen LogP contribution >= 0.6 is 0 Å². The van der Waals surface area contributed by atoms with Gasteiger partial charge < -0.3 is 10.6 Å². The van der Waals surface area contributed by atoms with Gasteiger partial charge in [-0.3, -0.25) is 9.59 Å². The van der Waals surface area contributed by atoms with Crippen LogP contribution < -0.4 is 10.6 Å². The third-order valence-corrected chi connectivity index (χ3v) is 2.23. The van der Waals surface area contributed by atoms with Crippen molar-refractivity contribution >= 4 is 11.8 Å². The highest BCUT2D eigenvalue weighted by Crippen LogP contribution is 2.05. The number of piperazine rings is 1. The van der Waals surface area contributed by atoms with E-state index in [-0.39, 0.29) is 23.9 Å². The number of hydrogen-bond acceptors (Lipinski definition) is 2. The lowest BCUT2D eigenvalue weighted by molar-refractivity contribution is -0.136. The third kappa shape index (κ3) is 2.44. The highest BCUT2D eigenvalue weighted by Gasteiger charge is 2.29. The van der Waals surface area contributed by atoms with Gasteiger partial charge in [0.15, 0.2) is 0 Å². The molecule has 0 unspecified atom stereocenters. The molecule has 0 aromatic rings. The SMILES string of the molecule is CCCC[C@@H]1NC(=O)[C@H](C)NC1=O. The maximum Gasteiger partial charge on any atom is 0.243 e. The van der Waals surface area contributed by atoms with Crippen molar-refractivity contribution in [1.82, 2.24) is 10.6 Å². The normalized spacial score (nSPS) is 28.2. The summed E-state index contributed by atoms with van der Waals surface area (Å²) in [5.41, 5.74) is 0. The first kappa shape index (κ1) is 10.0.